The minimum atomic E-state index is -4.91. The highest BCUT2D eigenvalue weighted by Gasteiger charge is 2.39. The summed E-state index contributed by atoms with van der Waals surface area (Å²) < 4.78 is 37.1. The Bertz CT molecular complexity index is 603. The Morgan fingerprint density at radius 2 is 1.80 bits per heavy atom. The lowest BCUT2D eigenvalue weighted by Gasteiger charge is -2.10. The van der Waals surface area contributed by atoms with Crippen LogP contribution in [0.5, 0.6) is 0 Å². The van der Waals surface area contributed by atoms with Gasteiger partial charge in [0.25, 0.3) is 0 Å². The maximum atomic E-state index is 12.4. The van der Waals surface area contributed by atoms with Gasteiger partial charge in [0, 0.05) is 0 Å². The number of nitrogens with one attached hydrogen (secondary N) is 1. The second-order valence-electron chi connectivity index (χ2n) is 3.90. The summed E-state index contributed by atoms with van der Waals surface area (Å²) in [5.74, 6) is -1.98. The standard InChI is InChI=1S/C14H10F3NOS/c15-14(16,17)13(19)18-11(12-7-4-8-20-12)9-10-5-2-1-3-6-10/h1-9H,(H,18,19). The van der Waals surface area contributed by atoms with Crippen molar-refractivity contribution in [3.05, 3.63) is 58.3 Å². The predicted molar refractivity (Wildman–Crippen MR) is 72.8 cm³/mol. The highest BCUT2D eigenvalue weighted by molar-refractivity contribution is 7.11. The fraction of sp³-hybridized carbons (Fsp3) is 0.0714. The van der Waals surface area contributed by atoms with Crippen molar-refractivity contribution in [1.82, 2.24) is 5.32 Å². The van der Waals surface area contributed by atoms with Crippen LogP contribution in [0.25, 0.3) is 11.8 Å². The van der Waals surface area contributed by atoms with E-state index in [0.29, 0.717) is 10.4 Å². The maximum Gasteiger partial charge on any atom is 0.471 e. The smallest absolute Gasteiger partial charge is 0.317 e. The van der Waals surface area contributed by atoms with Gasteiger partial charge in [-0.2, -0.15) is 13.2 Å². The summed E-state index contributed by atoms with van der Waals surface area (Å²) in [5, 5.41) is 3.65. The number of halogens is 3. The Kier molecular flexibility index (Phi) is 4.24. The third kappa shape index (κ3) is 3.71. The van der Waals surface area contributed by atoms with Crippen LogP contribution in [0.3, 0.4) is 0 Å². The molecule has 2 nitrogen and oxygen atoms in total. The zero-order chi connectivity index (χ0) is 14.6. The van der Waals surface area contributed by atoms with Crippen molar-refractivity contribution in [3.8, 4) is 0 Å². The fourth-order valence-electron chi connectivity index (χ4n) is 1.51. The Hall–Kier alpha value is -2.08. The highest BCUT2D eigenvalue weighted by atomic mass is 32.1. The fourth-order valence-corrected chi connectivity index (χ4v) is 2.21. The molecule has 1 aromatic carbocycles. The van der Waals surface area contributed by atoms with Crippen LogP contribution in [0.15, 0.2) is 47.8 Å². The van der Waals surface area contributed by atoms with Crippen molar-refractivity contribution in [1.29, 1.82) is 0 Å². The van der Waals surface area contributed by atoms with Gasteiger partial charge in [-0.3, -0.25) is 4.79 Å². The first-order chi connectivity index (χ1) is 9.47. The Labute approximate surface area is 117 Å². The average molecular weight is 297 g/mol. The molecule has 6 heteroatoms. The molecule has 104 valence electrons. The quantitative estimate of drug-likeness (QED) is 0.914. The molecule has 2 aromatic rings. The van der Waals surface area contributed by atoms with Crippen molar-refractivity contribution >= 4 is 29.0 Å². The van der Waals surface area contributed by atoms with Gasteiger partial charge in [-0.05, 0) is 23.1 Å². The summed E-state index contributed by atoms with van der Waals surface area (Å²) in [6.45, 7) is 0. The van der Waals surface area contributed by atoms with Gasteiger partial charge >= 0.3 is 12.1 Å². The molecule has 0 unspecified atom stereocenters. The molecule has 0 aliphatic carbocycles. The molecule has 0 atom stereocenters. The van der Waals surface area contributed by atoms with E-state index in [2.05, 4.69) is 0 Å². The second kappa shape index (κ2) is 5.92. The van der Waals surface area contributed by atoms with Crippen LogP contribution < -0.4 is 5.32 Å². The number of thiophene rings is 1. The summed E-state index contributed by atoms with van der Waals surface area (Å²) in [6.07, 6.45) is -3.40. The molecular weight excluding hydrogens is 287 g/mol. The molecular formula is C14H10F3NOS. The molecule has 0 radical (unpaired) electrons. The van der Waals surface area contributed by atoms with Gasteiger partial charge in [0.15, 0.2) is 0 Å². The van der Waals surface area contributed by atoms with E-state index in [1.165, 1.54) is 17.4 Å². The number of carbonyl (C=O) groups excluding carboxylic acids is 1. The topological polar surface area (TPSA) is 29.1 Å². The minimum Gasteiger partial charge on any atom is -0.317 e. The van der Waals surface area contributed by atoms with E-state index in [9.17, 15) is 18.0 Å². The maximum absolute atomic E-state index is 12.4. The monoisotopic (exact) mass is 297 g/mol. The van der Waals surface area contributed by atoms with Crippen molar-refractivity contribution in [2.45, 2.75) is 6.18 Å². The van der Waals surface area contributed by atoms with Gasteiger partial charge < -0.3 is 5.32 Å². The van der Waals surface area contributed by atoms with Crippen LogP contribution >= 0.6 is 11.3 Å². The third-order valence-electron chi connectivity index (χ3n) is 2.40. The lowest BCUT2D eigenvalue weighted by Crippen LogP contribution is -2.35. The van der Waals surface area contributed by atoms with Gasteiger partial charge in [-0.1, -0.05) is 36.4 Å². The van der Waals surface area contributed by atoms with E-state index < -0.39 is 12.1 Å². The van der Waals surface area contributed by atoms with Gasteiger partial charge in [0.2, 0.25) is 0 Å². The molecule has 1 aromatic heterocycles. The average Bonchev–Trinajstić information content (AvgIpc) is 2.92. The van der Waals surface area contributed by atoms with Crippen LogP contribution in [0, 0.1) is 0 Å². The number of alkyl halides is 3. The Morgan fingerprint density at radius 3 is 2.35 bits per heavy atom. The van der Waals surface area contributed by atoms with Crippen molar-refractivity contribution in [3.63, 3.8) is 0 Å². The van der Waals surface area contributed by atoms with Crippen LogP contribution in [0.2, 0.25) is 0 Å². The molecule has 0 saturated carbocycles. The minimum absolute atomic E-state index is 0.133. The highest BCUT2D eigenvalue weighted by Crippen LogP contribution is 2.23. The third-order valence-corrected chi connectivity index (χ3v) is 3.31. The largest absolute Gasteiger partial charge is 0.471 e. The zero-order valence-electron chi connectivity index (χ0n) is 10.1. The summed E-state index contributed by atoms with van der Waals surface area (Å²) in [6, 6.07) is 12.2. The zero-order valence-corrected chi connectivity index (χ0v) is 11.0. The van der Waals surface area contributed by atoms with E-state index in [-0.39, 0.29) is 5.70 Å². The van der Waals surface area contributed by atoms with Crippen LogP contribution in [0.4, 0.5) is 13.2 Å². The number of amides is 1. The van der Waals surface area contributed by atoms with Crippen LogP contribution in [0.1, 0.15) is 10.4 Å². The number of carbonyl (C=O) groups is 1. The molecule has 0 aliphatic rings. The van der Waals surface area contributed by atoms with Crippen molar-refractivity contribution in [2.75, 3.05) is 0 Å². The van der Waals surface area contributed by atoms with Crippen LogP contribution in [-0.4, -0.2) is 12.1 Å². The van der Waals surface area contributed by atoms with E-state index in [0.717, 1.165) is 0 Å². The lowest BCUT2D eigenvalue weighted by molar-refractivity contribution is -0.172. The summed E-state index contributed by atoms with van der Waals surface area (Å²) in [4.78, 5) is 11.6. The van der Waals surface area contributed by atoms with Crippen molar-refractivity contribution < 1.29 is 18.0 Å². The number of hydrogen-bond donors (Lipinski definition) is 1. The SMILES string of the molecule is O=C(NC(=Cc1ccccc1)c1cccs1)C(F)(F)F. The van der Waals surface area contributed by atoms with Gasteiger partial charge in [-0.15, -0.1) is 11.3 Å². The number of hydrogen-bond acceptors (Lipinski definition) is 2. The molecule has 0 saturated heterocycles. The Balaban J connectivity index is 2.32. The molecule has 1 amide bonds. The van der Waals surface area contributed by atoms with E-state index >= 15 is 0 Å². The molecule has 0 spiro atoms. The summed E-state index contributed by atoms with van der Waals surface area (Å²) in [7, 11) is 0. The first-order valence-electron chi connectivity index (χ1n) is 5.65. The molecule has 2 rings (SSSR count). The first kappa shape index (κ1) is 14.3. The molecule has 20 heavy (non-hydrogen) atoms. The molecule has 0 fully saturated rings. The van der Waals surface area contributed by atoms with Crippen molar-refractivity contribution in [2.24, 2.45) is 0 Å². The van der Waals surface area contributed by atoms with E-state index in [4.69, 9.17) is 0 Å². The molecule has 1 N–H and O–H groups in total. The van der Waals surface area contributed by atoms with Gasteiger partial charge in [0.1, 0.15) is 0 Å². The molecule has 1 heterocycles. The summed E-state index contributed by atoms with van der Waals surface area (Å²) in [5.41, 5.74) is 0.840. The van der Waals surface area contributed by atoms with Crippen LogP contribution in [-0.2, 0) is 4.79 Å². The summed E-state index contributed by atoms with van der Waals surface area (Å²) >= 11 is 1.25. The predicted octanol–water partition coefficient (Wildman–Crippen LogP) is 3.92. The molecule has 0 bridgehead atoms. The van der Waals surface area contributed by atoms with Gasteiger partial charge in [0.05, 0.1) is 10.6 Å². The lowest BCUT2D eigenvalue weighted by atomic mass is 10.2. The number of benzene rings is 1. The number of rotatable bonds is 3. The first-order valence-corrected chi connectivity index (χ1v) is 6.53. The van der Waals surface area contributed by atoms with E-state index in [1.54, 1.807) is 47.8 Å². The normalized spacial score (nSPS) is 12.2. The molecule has 0 aliphatic heterocycles. The van der Waals surface area contributed by atoms with Gasteiger partial charge in [-0.25, -0.2) is 0 Å². The Morgan fingerprint density at radius 1 is 1.10 bits per heavy atom. The van der Waals surface area contributed by atoms with E-state index in [1.807, 2.05) is 5.32 Å². The second-order valence-corrected chi connectivity index (χ2v) is 4.85.